The summed E-state index contributed by atoms with van der Waals surface area (Å²) in [6, 6.07) is 13.8. The van der Waals surface area contributed by atoms with Gasteiger partial charge in [-0.15, -0.1) is 0 Å². The molecule has 0 fully saturated rings. The third kappa shape index (κ3) is 2.04. The number of oxazole rings is 1. The van der Waals surface area contributed by atoms with E-state index in [-0.39, 0.29) is 0 Å². The fraction of sp³-hybridized carbons (Fsp3) is 0. The molecule has 0 spiro atoms. The van der Waals surface area contributed by atoms with E-state index < -0.39 is 0 Å². The first kappa shape index (κ1) is 11.7. The van der Waals surface area contributed by atoms with Crippen molar-refractivity contribution in [3.05, 3.63) is 54.9 Å². The normalized spacial score (nSPS) is 11.0. The van der Waals surface area contributed by atoms with Crippen molar-refractivity contribution in [2.24, 2.45) is 0 Å². The van der Waals surface area contributed by atoms with Gasteiger partial charge in [-0.2, -0.15) is 4.98 Å². The van der Waals surface area contributed by atoms with Gasteiger partial charge in [-0.1, -0.05) is 12.1 Å². The van der Waals surface area contributed by atoms with Crippen LogP contribution in [0, 0.1) is 0 Å². The number of nitrogens with one attached hydrogen (secondary N) is 1. The summed E-state index contributed by atoms with van der Waals surface area (Å²) in [5.74, 6) is 0. The minimum Gasteiger partial charge on any atom is -0.423 e. The summed E-state index contributed by atoms with van der Waals surface area (Å²) >= 11 is 0. The minimum atomic E-state index is 0.437. The van der Waals surface area contributed by atoms with Gasteiger partial charge >= 0.3 is 0 Å². The number of fused-ring (bicyclic) bond motifs is 2. The topological polar surface area (TPSA) is 77.0 Å². The van der Waals surface area contributed by atoms with Crippen molar-refractivity contribution in [3.8, 4) is 0 Å². The van der Waals surface area contributed by atoms with Gasteiger partial charge in [-0.05, 0) is 35.7 Å². The molecular formula is C16H12N4O. The number of hydrogen-bond donors (Lipinski definition) is 2. The highest BCUT2D eigenvalue weighted by molar-refractivity contribution is 5.94. The summed E-state index contributed by atoms with van der Waals surface area (Å²) in [6.07, 6.45) is 3.59. The maximum atomic E-state index is 5.75. The molecule has 102 valence electrons. The van der Waals surface area contributed by atoms with Gasteiger partial charge in [0.05, 0.1) is 5.69 Å². The zero-order valence-corrected chi connectivity index (χ0v) is 11.1. The lowest BCUT2D eigenvalue weighted by atomic mass is 10.1. The molecule has 0 saturated carbocycles. The molecule has 0 radical (unpaired) electrons. The predicted octanol–water partition coefficient (Wildman–Crippen LogP) is 3.70. The van der Waals surface area contributed by atoms with Gasteiger partial charge in [0.15, 0.2) is 5.58 Å². The Morgan fingerprint density at radius 3 is 3.00 bits per heavy atom. The molecule has 2 aromatic heterocycles. The Kier molecular flexibility index (Phi) is 2.50. The molecule has 0 unspecified atom stereocenters. The molecule has 0 atom stereocenters. The highest BCUT2D eigenvalue weighted by Gasteiger charge is 2.08. The largest absolute Gasteiger partial charge is 0.423 e. The molecule has 5 heteroatoms. The van der Waals surface area contributed by atoms with Crippen molar-refractivity contribution in [3.63, 3.8) is 0 Å². The predicted molar refractivity (Wildman–Crippen MR) is 83.4 cm³/mol. The first-order valence-corrected chi connectivity index (χ1v) is 6.55. The highest BCUT2D eigenvalue weighted by atomic mass is 16.4. The second-order valence-corrected chi connectivity index (χ2v) is 4.77. The van der Waals surface area contributed by atoms with E-state index in [9.17, 15) is 0 Å². The van der Waals surface area contributed by atoms with E-state index in [4.69, 9.17) is 10.2 Å². The van der Waals surface area contributed by atoms with Gasteiger partial charge in [-0.25, -0.2) is 0 Å². The van der Waals surface area contributed by atoms with Crippen molar-refractivity contribution in [1.82, 2.24) is 9.97 Å². The van der Waals surface area contributed by atoms with Crippen LogP contribution in [0.1, 0.15) is 0 Å². The van der Waals surface area contributed by atoms with Gasteiger partial charge < -0.3 is 15.5 Å². The summed E-state index contributed by atoms with van der Waals surface area (Å²) in [7, 11) is 0. The second kappa shape index (κ2) is 4.49. The van der Waals surface area contributed by atoms with E-state index in [0.717, 1.165) is 22.0 Å². The van der Waals surface area contributed by atoms with E-state index in [0.29, 0.717) is 17.3 Å². The van der Waals surface area contributed by atoms with Gasteiger partial charge in [-0.3, -0.25) is 4.98 Å². The lowest BCUT2D eigenvalue weighted by molar-refractivity contribution is 0.623. The number of nitrogen functional groups attached to an aromatic ring is 1. The number of nitrogens with zero attached hydrogens (tertiary/aromatic N) is 2. The van der Waals surface area contributed by atoms with Crippen LogP contribution in [0.5, 0.6) is 0 Å². The van der Waals surface area contributed by atoms with Crippen molar-refractivity contribution < 1.29 is 4.42 Å². The van der Waals surface area contributed by atoms with Crippen LogP contribution in [0.4, 0.5) is 17.4 Å². The Balaban J connectivity index is 1.79. The molecule has 2 aromatic carbocycles. The molecule has 5 nitrogen and oxygen atoms in total. The van der Waals surface area contributed by atoms with Crippen LogP contribution in [0.25, 0.3) is 21.9 Å². The van der Waals surface area contributed by atoms with Gasteiger partial charge in [0, 0.05) is 23.5 Å². The third-order valence-corrected chi connectivity index (χ3v) is 3.34. The molecule has 3 N–H and O–H groups in total. The van der Waals surface area contributed by atoms with Gasteiger partial charge in [0.25, 0.3) is 6.01 Å². The molecule has 0 amide bonds. The molecule has 4 rings (SSSR count). The Morgan fingerprint density at radius 2 is 2.05 bits per heavy atom. The number of pyridine rings is 1. The summed E-state index contributed by atoms with van der Waals surface area (Å²) in [6.45, 7) is 0. The summed E-state index contributed by atoms with van der Waals surface area (Å²) < 4.78 is 5.68. The quantitative estimate of drug-likeness (QED) is 0.546. The number of nitrogens with two attached hydrogens (primary N) is 1. The van der Waals surface area contributed by atoms with Crippen LogP contribution in [0.15, 0.2) is 59.3 Å². The zero-order chi connectivity index (χ0) is 14.2. The highest BCUT2D eigenvalue weighted by Crippen LogP contribution is 2.27. The van der Waals surface area contributed by atoms with Crippen LogP contribution in [0.3, 0.4) is 0 Å². The second-order valence-electron chi connectivity index (χ2n) is 4.77. The zero-order valence-electron chi connectivity index (χ0n) is 11.1. The molecule has 2 heterocycles. The molecule has 21 heavy (non-hydrogen) atoms. The van der Waals surface area contributed by atoms with Gasteiger partial charge in [0.1, 0.15) is 5.52 Å². The Bertz CT molecular complexity index is 940. The fourth-order valence-corrected chi connectivity index (χ4v) is 2.34. The van der Waals surface area contributed by atoms with E-state index >= 15 is 0 Å². The van der Waals surface area contributed by atoms with Gasteiger partial charge in [0.2, 0.25) is 0 Å². The summed E-state index contributed by atoms with van der Waals surface area (Å²) in [5, 5.41) is 5.32. The number of hydrogen-bond acceptors (Lipinski definition) is 5. The van der Waals surface area contributed by atoms with E-state index in [1.807, 2.05) is 36.5 Å². The number of aromatic nitrogens is 2. The van der Waals surface area contributed by atoms with Crippen LogP contribution in [-0.2, 0) is 0 Å². The van der Waals surface area contributed by atoms with Crippen molar-refractivity contribution in [2.75, 3.05) is 11.1 Å². The van der Waals surface area contributed by atoms with E-state index in [1.54, 1.807) is 18.3 Å². The standard InChI is InChI=1S/C16H12N4O/c17-11-4-5-15-14(8-11)20-16(21-15)19-13-3-1-2-10-6-7-18-9-12(10)13/h1-9H,17H2,(H,19,20). The van der Waals surface area contributed by atoms with Crippen molar-refractivity contribution >= 4 is 39.3 Å². The molecule has 0 aliphatic carbocycles. The maximum Gasteiger partial charge on any atom is 0.300 e. The molecular weight excluding hydrogens is 264 g/mol. The Labute approximate surface area is 120 Å². The number of anilines is 3. The molecule has 4 aromatic rings. The smallest absolute Gasteiger partial charge is 0.300 e. The first-order chi connectivity index (χ1) is 10.3. The van der Waals surface area contributed by atoms with Crippen molar-refractivity contribution in [1.29, 1.82) is 0 Å². The maximum absolute atomic E-state index is 5.75. The molecule has 0 aliphatic heterocycles. The van der Waals surface area contributed by atoms with Crippen LogP contribution < -0.4 is 11.1 Å². The fourth-order valence-electron chi connectivity index (χ4n) is 2.34. The molecule has 0 aliphatic rings. The van der Waals surface area contributed by atoms with E-state index in [2.05, 4.69) is 15.3 Å². The summed E-state index contributed by atoms with van der Waals surface area (Å²) in [5.41, 5.74) is 8.75. The SMILES string of the molecule is Nc1ccc2oc(Nc3cccc4ccncc34)nc2c1. The molecule has 0 saturated heterocycles. The third-order valence-electron chi connectivity index (χ3n) is 3.34. The Morgan fingerprint density at radius 1 is 1.10 bits per heavy atom. The summed E-state index contributed by atoms with van der Waals surface area (Å²) in [4.78, 5) is 8.56. The van der Waals surface area contributed by atoms with Crippen molar-refractivity contribution in [2.45, 2.75) is 0 Å². The van der Waals surface area contributed by atoms with Crippen LogP contribution in [0.2, 0.25) is 0 Å². The van der Waals surface area contributed by atoms with E-state index in [1.165, 1.54) is 0 Å². The number of rotatable bonds is 2. The average molecular weight is 276 g/mol. The monoisotopic (exact) mass is 276 g/mol. The van der Waals surface area contributed by atoms with Crippen LogP contribution >= 0.6 is 0 Å². The molecule has 0 bridgehead atoms. The lowest BCUT2D eigenvalue weighted by Gasteiger charge is -2.05. The first-order valence-electron chi connectivity index (χ1n) is 6.55. The Hall–Kier alpha value is -3.08. The lowest BCUT2D eigenvalue weighted by Crippen LogP contribution is -1.91. The average Bonchev–Trinajstić information content (AvgIpc) is 2.89. The number of benzene rings is 2. The van der Waals surface area contributed by atoms with Crippen LogP contribution in [-0.4, -0.2) is 9.97 Å². The minimum absolute atomic E-state index is 0.437.